The average Bonchev–Trinajstić information content (AvgIpc) is 2.79. The van der Waals surface area contributed by atoms with Crippen LogP contribution in [0.1, 0.15) is 38.5 Å². The van der Waals surface area contributed by atoms with Crippen molar-refractivity contribution in [3.63, 3.8) is 0 Å². The van der Waals surface area contributed by atoms with Gasteiger partial charge in [0.05, 0.1) is 19.8 Å². The van der Waals surface area contributed by atoms with Crippen LogP contribution in [0.25, 0.3) is 11.1 Å². The Balaban J connectivity index is 1.43. The molecule has 2 aromatic carbocycles. The van der Waals surface area contributed by atoms with Gasteiger partial charge in [-0.2, -0.15) is 0 Å². The molecule has 0 heterocycles. The molecule has 0 spiro atoms. The second-order valence-corrected chi connectivity index (χ2v) is 8.82. The van der Waals surface area contributed by atoms with Crippen molar-refractivity contribution in [2.75, 3.05) is 33.5 Å². The van der Waals surface area contributed by atoms with E-state index in [1.54, 1.807) is 0 Å². The van der Waals surface area contributed by atoms with Gasteiger partial charge in [-0.3, -0.25) is 4.52 Å². The summed E-state index contributed by atoms with van der Waals surface area (Å²) in [7, 11) is -3.02. The highest BCUT2D eigenvalue weighted by Gasteiger charge is 2.18. The molecule has 178 valence electrons. The summed E-state index contributed by atoms with van der Waals surface area (Å²) in [5.74, 6) is 0.905. The fourth-order valence-electron chi connectivity index (χ4n) is 3.16. The van der Waals surface area contributed by atoms with Crippen LogP contribution in [0.3, 0.4) is 0 Å². The largest absolute Gasteiger partial charge is 0.494 e. The van der Waals surface area contributed by atoms with E-state index in [4.69, 9.17) is 24.0 Å². The SMILES string of the molecule is COC(COCCCCCCCCOc1ccc(-c2ccccc2)cc1)COP(=O)(O)O. The van der Waals surface area contributed by atoms with Gasteiger partial charge in [-0.05, 0) is 36.1 Å². The van der Waals surface area contributed by atoms with Crippen LogP contribution < -0.4 is 4.74 Å². The molecular weight excluding hydrogens is 431 g/mol. The summed E-state index contributed by atoms with van der Waals surface area (Å²) in [4.78, 5) is 17.4. The van der Waals surface area contributed by atoms with Gasteiger partial charge < -0.3 is 24.0 Å². The predicted octanol–water partition coefficient (Wildman–Crippen LogP) is 5.21. The molecule has 0 bridgehead atoms. The molecule has 0 amide bonds. The summed E-state index contributed by atoms with van der Waals surface area (Å²) in [6.45, 7) is 1.38. The lowest BCUT2D eigenvalue weighted by Gasteiger charge is -2.16. The second-order valence-electron chi connectivity index (χ2n) is 7.58. The maximum absolute atomic E-state index is 10.7. The van der Waals surface area contributed by atoms with Crippen LogP contribution in [-0.4, -0.2) is 49.4 Å². The molecule has 2 N–H and O–H groups in total. The van der Waals surface area contributed by atoms with Crippen LogP contribution in [-0.2, 0) is 18.6 Å². The molecule has 32 heavy (non-hydrogen) atoms. The third kappa shape index (κ3) is 11.8. The molecule has 0 fully saturated rings. The summed E-state index contributed by atoms with van der Waals surface area (Å²) in [5, 5.41) is 0. The number of ether oxygens (including phenoxy) is 3. The minimum Gasteiger partial charge on any atom is -0.494 e. The zero-order valence-electron chi connectivity index (χ0n) is 18.7. The molecule has 7 nitrogen and oxygen atoms in total. The van der Waals surface area contributed by atoms with E-state index in [2.05, 4.69) is 28.8 Å². The van der Waals surface area contributed by atoms with Crippen molar-refractivity contribution in [2.45, 2.75) is 44.6 Å². The third-order valence-corrected chi connectivity index (χ3v) is 5.46. The van der Waals surface area contributed by atoms with E-state index < -0.39 is 13.9 Å². The molecule has 0 aliphatic carbocycles. The van der Waals surface area contributed by atoms with Gasteiger partial charge >= 0.3 is 7.82 Å². The zero-order valence-corrected chi connectivity index (χ0v) is 19.6. The molecule has 1 unspecified atom stereocenters. The molecule has 0 aromatic heterocycles. The van der Waals surface area contributed by atoms with Crippen molar-refractivity contribution in [1.82, 2.24) is 0 Å². The highest BCUT2D eigenvalue weighted by molar-refractivity contribution is 7.46. The van der Waals surface area contributed by atoms with E-state index in [9.17, 15) is 4.57 Å². The van der Waals surface area contributed by atoms with Crippen molar-refractivity contribution in [3.8, 4) is 16.9 Å². The first-order chi connectivity index (χ1) is 15.5. The Morgan fingerprint density at radius 2 is 1.38 bits per heavy atom. The molecule has 0 saturated heterocycles. The Bertz CT molecular complexity index is 777. The van der Waals surface area contributed by atoms with Crippen molar-refractivity contribution >= 4 is 7.82 Å². The summed E-state index contributed by atoms with van der Waals surface area (Å²) in [6.07, 6.45) is 6.01. The molecule has 1 atom stereocenters. The van der Waals surface area contributed by atoms with Crippen LogP contribution in [0.4, 0.5) is 0 Å². The lowest BCUT2D eigenvalue weighted by Crippen LogP contribution is -2.24. The summed E-state index contributed by atoms with van der Waals surface area (Å²) >= 11 is 0. The van der Waals surface area contributed by atoms with E-state index in [0.29, 0.717) is 6.61 Å². The molecule has 0 aliphatic heterocycles. The maximum Gasteiger partial charge on any atom is 0.469 e. The first-order valence-electron chi connectivity index (χ1n) is 11.1. The van der Waals surface area contributed by atoms with Crippen LogP contribution in [0.15, 0.2) is 54.6 Å². The zero-order chi connectivity index (χ0) is 23.1. The van der Waals surface area contributed by atoms with Gasteiger partial charge in [-0.15, -0.1) is 0 Å². The number of benzene rings is 2. The van der Waals surface area contributed by atoms with Crippen LogP contribution >= 0.6 is 7.82 Å². The smallest absolute Gasteiger partial charge is 0.469 e. The number of rotatable bonds is 17. The molecule has 0 saturated carbocycles. The number of methoxy groups -OCH3 is 1. The fraction of sp³-hybridized carbons (Fsp3) is 0.500. The Hall–Kier alpha value is -1.73. The van der Waals surface area contributed by atoms with Crippen LogP contribution in [0, 0.1) is 0 Å². The topological polar surface area (TPSA) is 94.5 Å². The first kappa shape index (κ1) is 26.5. The Morgan fingerprint density at radius 3 is 2.00 bits per heavy atom. The average molecular weight is 467 g/mol. The summed E-state index contributed by atoms with van der Waals surface area (Å²) in [5.41, 5.74) is 2.39. The van der Waals surface area contributed by atoms with E-state index in [0.717, 1.165) is 50.9 Å². The van der Waals surface area contributed by atoms with Crippen molar-refractivity contribution in [1.29, 1.82) is 0 Å². The van der Waals surface area contributed by atoms with E-state index in [-0.39, 0.29) is 13.2 Å². The number of hydrogen-bond donors (Lipinski definition) is 2. The fourth-order valence-corrected chi connectivity index (χ4v) is 3.52. The van der Waals surface area contributed by atoms with Crippen molar-refractivity contribution in [2.24, 2.45) is 0 Å². The third-order valence-electron chi connectivity index (χ3n) is 4.98. The first-order valence-corrected chi connectivity index (χ1v) is 12.6. The Morgan fingerprint density at radius 1 is 0.781 bits per heavy atom. The van der Waals surface area contributed by atoms with Gasteiger partial charge in [0.25, 0.3) is 0 Å². The van der Waals surface area contributed by atoms with Crippen molar-refractivity contribution in [3.05, 3.63) is 54.6 Å². The van der Waals surface area contributed by atoms with E-state index in [1.165, 1.54) is 18.2 Å². The van der Waals surface area contributed by atoms with Gasteiger partial charge in [0.1, 0.15) is 11.9 Å². The minimum absolute atomic E-state index is 0.194. The van der Waals surface area contributed by atoms with Crippen molar-refractivity contribution < 1.29 is 33.1 Å². The Kier molecular flexibility index (Phi) is 12.6. The number of phosphoric acid groups is 1. The van der Waals surface area contributed by atoms with Crippen LogP contribution in [0.5, 0.6) is 5.75 Å². The van der Waals surface area contributed by atoms with Gasteiger partial charge in [0, 0.05) is 13.7 Å². The monoisotopic (exact) mass is 466 g/mol. The maximum atomic E-state index is 10.7. The van der Waals surface area contributed by atoms with E-state index in [1.807, 2.05) is 30.3 Å². The number of unbranched alkanes of at least 4 members (excludes halogenated alkanes) is 5. The number of hydrogen-bond acceptors (Lipinski definition) is 5. The Labute approximate surface area is 190 Å². The molecule has 2 rings (SSSR count). The molecule has 0 aliphatic rings. The molecule has 2 aromatic rings. The van der Waals surface area contributed by atoms with Gasteiger partial charge in [0.15, 0.2) is 0 Å². The predicted molar refractivity (Wildman–Crippen MR) is 125 cm³/mol. The lowest BCUT2D eigenvalue weighted by atomic mass is 10.1. The molecule has 0 radical (unpaired) electrons. The lowest BCUT2D eigenvalue weighted by molar-refractivity contribution is -0.0201. The summed E-state index contributed by atoms with van der Waals surface area (Å²) in [6, 6.07) is 18.5. The van der Waals surface area contributed by atoms with Gasteiger partial charge in [0.2, 0.25) is 0 Å². The van der Waals surface area contributed by atoms with Crippen LogP contribution in [0.2, 0.25) is 0 Å². The van der Waals surface area contributed by atoms with E-state index >= 15 is 0 Å². The molecular formula is C24H35O7P. The van der Waals surface area contributed by atoms with Gasteiger partial charge in [-0.25, -0.2) is 4.57 Å². The summed E-state index contributed by atoms with van der Waals surface area (Å²) < 4.78 is 31.5. The minimum atomic E-state index is -4.47. The highest BCUT2D eigenvalue weighted by Crippen LogP contribution is 2.35. The standard InChI is InChI=1S/C24H35O7P/c1-28-24(20-31-32(25,26)27)19-29-17-9-4-2-3-5-10-18-30-23-15-13-22(14-16-23)21-11-7-6-8-12-21/h6-8,11-16,24H,2-5,9-10,17-20H2,1H3,(H2,25,26,27). The highest BCUT2D eigenvalue weighted by atomic mass is 31.2. The molecule has 8 heteroatoms. The van der Waals surface area contributed by atoms with Gasteiger partial charge in [-0.1, -0.05) is 68.1 Å². The quantitative estimate of drug-likeness (QED) is 0.244. The second kappa shape index (κ2) is 15.2. The number of phosphoric ester groups is 1. The normalized spacial score (nSPS) is 12.6.